The summed E-state index contributed by atoms with van der Waals surface area (Å²) in [6.45, 7) is 22.3. The first-order valence-electron chi connectivity index (χ1n) is 19.9. The van der Waals surface area contributed by atoms with Gasteiger partial charge in [-0.2, -0.15) is 0 Å². The van der Waals surface area contributed by atoms with Crippen molar-refractivity contribution in [2.45, 2.75) is 118 Å². The average molecular weight is 748 g/mol. The van der Waals surface area contributed by atoms with Crippen LogP contribution < -0.4 is 20.7 Å². The van der Waals surface area contributed by atoms with Crippen LogP contribution in [-0.4, -0.2) is 117 Å². The monoisotopic (exact) mass is 748 g/mol. The molecule has 0 radical (unpaired) electrons. The van der Waals surface area contributed by atoms with E-state index in [9.17, 15) is 19.5 Å². The van der Waals surface area contributed by atoms with Crippen molar-refractivity contribution in [3.05, 3.63) is 29.3 Å². The topological polar surface area (TPSA) is 142 Å². The predicted octanol–water partition coefficient (Wildman–Crippen LogP) is 5.46. The third-order valence-corrected chi connectivity index (χ3v) is 9.95. The minimum Gasteiger partial charge on any atom is -0.493 e. The third-order valence-electron chi connectivity index (χ3n) is 9.95. The molecule has 1 saturated heterocycles. The number of piperazine rings is 1. The highest BCUT2D eigenvalue weighted by molar-refractivity contribution is 5.97. The number of hydrogen-bond donors (Lipinski definition) is 4. The molecule has 1 heterocycles. The van der Waals surface area contributed by atoms with Gasteiger partial charge in [0.15, 0.2) is 0 Å². The Balaban J connectivity index is 2.25. The molecule has 304 valence electrons. The van der Waals surface area contributed by atoms with E-state index in [1.165, 1.54) is 0 Å². The maximum Gasteiger partial charge on any atom is 0.407 e. The fourth-order valence-corrected chi connectivity index (χ4v) is 6.40. The lowest BCUT2D eigenvalue weighted by Crippen LogP contribution is -2.49. The molecule has 0 aromatic heterocycles. The number of ether oxygens (including phenoxy) is 3. The molecular formula is C41H73N5O7. The Hall–Kier alpha value is -2.93. The van der Waals surface area contributed by atoms with Crippen LogP contribution in [0.2, 0.25) is 0 Å². The minimum absolute atomic E-state index is 0.0158. The first-order valence-corrected chi connectivity index (χ1v) is 19.9. The number of methoxy groups -OCH3 is 1. The Bertz CT molecular complexity index is 1230. The molecule has 2 rings (SSSR count). The van der Waals surface area contributed by atoms with Crippen molar-refractivity contribution in [3.63, 3.8) is 0 Å². The summed E-state index contributed by atoms with van der Waals surface area (Å²) in [6.07, 6.45) is 2.41. The number of likely N-dealkylation sites (N-methyl/N-ethyl adjacent to an activating group) is 1. The maximum absolute atomic E-state index is 13.8. The van der Waals surface area contributed by atoms with Gasteiger partial charge >= 0.3 is 6.09 Å². The van der Waals surface area contributed by atoms with Gasteiger partial charge in [0.2, 0.25) is 5.91 Å². The second kappa shape index (κ2) is 23.8. The molecule has 0 bridgehead atoms. The summed E-state index contributed by atoms with van der Waals surface area (Å²) in [4.78, 5) is 44.7. The minimum atomic E-state index is -1.02. The number of carbonyl (C=O) groups is 3. The number of amides is 3. The van der Waals surface area contributed by atoms with Gasteiger partial charge in [0.1, 0.15) is 11.4 Å². The molecular weight excluding hydrogens is 674 g/mol. The van der Waals surface area contributed by atoms with Gasteiger partial charge in [-0.15, -0.1) is 0 Å². The zero-order chi connectivity index (χ0) is 39.6. The number of hydrogen-bond acceptors (Lipinski definition) is 9. The van der Waals surface area contributed by atoms with Gasteiger partial charge < -0.3 is 40.2 Å². The Morgan fingerprint density at radius 1 is 0.925 bits per heavy atom. The van der Waals surface area contributed by atoms with E-state index in [2.05, 4.69) is 53.6 Å². The largest absolute Gasteiger partial charge is 0.493 e. The molecule has 1 fully saturated rings. The van der Waals surface area contributed by atoms with Crippen LogP contribution in [0.4, 0.5) is 4.79 Å². The number of rotatable bonds is 23. The summed E-state index contributed by atoms with van der Waals surface area (Å²) in [6, 6.07) is 5.14. The van der Waals surface area contributed by atoms with E-state index >= 15 is 0 Å². The number of aliphatic hydroxyl groups excluding tert-OH is 1. The normalized spacial score (nSPS) is 16.5. The summed E-state index contributed by atoms with van der Waals surface area (Å²) < 4.78 is 17.0. The van der Waals surface area contributed by atoms with Crippen molar-refractivity contribution in [1.82, 2.24) is 25.8 Å². The van der Waals surface area contributed by atoms with Gasteiger partial charge in [-0.3, -0.25) is 14.5 Å². The molecule has 0 unspecified atom stereocenters. The molecule has 12 heteroatoms. The molecule has 3 amide bonds. The van der Waals surface area contributed by atoms with Gasteiger partial charge in [0.05, 0.1) is 24.3 Å². The lowest BCUT2D eigenvalue weighted by molar-refractivity contribution is -0.127. The van der Waals surface area contributed by atoms with Crippen LogP contribution in [0.15, 0.2) is 18.2 Å². The maximum atomic E-state index is 13.8. The SMILES string of the molecule is CCCCNC(=O)[C@@H](C[C@H](O)[C@H](C[C@H](CNC(=O)c1ccc(CN2CCN(C)CC2)cc1OCCCCOC)C(C)C)NC(=O)OC(C)(C)C)C(C)C. The van der Waals surface area contributed by atoms with Crippen molar-refractivity contribution in [2.24, 2.45) is 23.7 Å². The number of unbranched alkanes of at least 4 members (excludes halogenated alkanes) is 2. The third kappa shape index (κ3) is 17.8. The molecule has 1 aromatic carbocycles. The Kier molecular flexibility index (Phi) is 20.7. The molecule has 0 saturated carbocycles. The molecule has 12 nitrogen and oxygen atoms in total. The first-order chi connectivity index (χ1) is 25.0. The van der Waals surface area contributed by atoms with Crippen LogP contribution in [0, 0.1) is 23.7 Å². The van der Waals surface area contributed by atoms with Crippen LogP contribution >= 0.6 is 0 Å². The van der Waals surface area contributed by atoms with E-state index in [0.29, 0.717) is 44.0 Å². The molecule has 0 spiro atoms. The molecule has 4 atom stereocenters. The standard InChI is InChI=1S/C41H73N5O7/c1-11-12-17-42-39(49)34(30(4)5)26-36(47)35(44-40(50)53-41(6,7)8)25-32(29(2)3)27-43-38(48)33-16-15-31(28-46-20-18-45(9)19-21-46)24-37(33)52-23-14-13-22-51-10/h15-16,24,29-30,32,34-36,47H,11-14,17-23,25-28H2,1-10H3,(H,42,49)(H,43,48)(H,44,50)/t32-,34+,35+,36+/m1/s1. The van der Waals surface area contributed by atoms with Crippen LogP contribution in [0.5, 0.6) is 5.75 Å². The van der Waals surface area contributed by atoms with E-state index in [4.69, 9.17) is 14.2 Å². The first kappa shape index (κ1) is 46.2. The van der Waals surface area contributed by atoms with Gasteiger partial charge in [-0.1, -0.05) is 47.1 Å². The van der Waals surface area contributed by atoms with Gasteiger partial charge in [0.25, 0.3) is 5.91 Å². The van der Waals surface area contributed by atoms with E-state index in [1.807, 2.05) is 32.0 Å². The highest BCUT2D eigenvalue weighted by Crippen LogP contribution is 2.26. The lowest BCUT2D eigenvalue weighted by Gasteiger charge is -2.33. The summed E-state index contributed by atoms with van der Waals surface area (Å²) in [5, 5.41) is 20.7. The molecule has 1 aliphatic heterocycles. The van der Waals surface area contributed by atoms with Gasteiger partial charge in [-0.05, 0) is 95.4 Å². The van der Waals surface area contributed by atoms with Crippen molar-refractivity contribution < 1.29 is 33.7 Å². The molecule has 0 aliphatic carbocycles. The van der Waals surface area contributed by atoms with Gasteiger partial charge in [0, 0.05) is 65.4 Å². The smallest absolute Gasteiger partial charge is 0.407 e. The van der Waals surface area contributed by atoms with Crippen molar-refractivity contribution >= 4 is 17.9 Å². The Morgan fingerprint density at radius 2 is 1.60 bits per heavy atom. The summed E-state index contributed by atoms with van der Waals surface area (Å²) in [5.74, 6) is -0.237. The van der Waals surface area contributed by atoms with Crippen molar-refractivity contribution in [1.29, 1.82) is 0 Å². The highest BCUT2D eigenvalue weighted by Gasteiger charge is 2.33. The zero-order valence-corrected chi connectivity index (χ0v) is 34.6. The van der Waals surface area contributed by atoms with Crippen molar-refractivity contribution in [2.75, 3.05) is 66.6 Å². The number of carbonyl (C=O) groups excluding carboxylic acids is 3. The number of nitrogens with one attached hydrogen (secondary N) is 3. The summed E-state index contributed by atoms with van der Waals surface area (Å²) >= 11 is 0. The summed E-state index contributed by atoms with van der Waals surface area (Å²) in [7, 11) is 3.82. The van der Waals surface area contributed by atoms with E-state index in [-0.39, 0.29) is 36.0 Å². The summed E-state index contributed by atoms with van der Waals surface area (Å²) in [5.41, 5.74) is 0.842. The fraction of sp³-hybridized carbons (Fsp3) is 0.780. The quantitative estimate of drug-likeness (QED) is 0.107. The number of aliphatic hydroxyl groups is 1. The highest BCUT2D eigenvalue weighted by atomic mass is 16.6. The number of alkyl carbamates (subject to hydrolysis) is 1. The molecule has 1 aromatic rings. The Labute approximate surface area is 320 Å². The van der Waals surface area contributed by atoms with Gasteiger partial charge in [-0.25, -0.2) is 4.79 Å². The van der Waals surface area contributed by atoms with E-state index in [1.54, 1.807) is 27.9 Å². The van der Waals surface area contributed by atoms with E-state index in [0.717, 1.165) is 64.0 Å². The molecule has 53 heavy (non-hydrogen) atoms. The predicted molar refractivity (Wildman–Crippen MR) is 211 cm³/mol. The Morgan fingerprint density at radius 3 is 2.21 bits per heavy atom. The molecule has 4 N–H and O–H groups in total. The van der Waals surface area contributed by atoms with Crippen LogP contribution in [0.1, 0.15) is 110 Å². The number of nitrogens with zero attached hydrogens (tertiary/aromatic N) is 2. The zero-order valence-electron chi connectivity index (χ0n) is 34.6. The van der Waals surface area contributed by atoms with E-state index < -0.39 is 29.8 Å². The van der Waals surface area contributed by atoms with Crippen molar-refractivity contribution in [3.8, 4) is 5.75 Å². The fourth-order valence-electron chi connectivity index (χ4n) is 6.40. The average Bonchev–Trinajstić information content (AvgIpc) is 3.08. The second-order valence-corrected chi connectivity index (χ2v) is 16.5. The molecule has 1 aliphatic rings. The van der Waals surface area contributed by atoms with Crippen LogP contribution in [0.3, 0.4) is 0 Å². The number of benzene rings is 1. The lowest BCUT2D eigenvalue weighted by atomic mass is 9.82. The van der Waals surface area contributed by atoms with Crippen LogP contribution in [-0.2, 0) is 20.8 Å². The van der Waals surface area contributed by atoms with Crippen LogP contribution in [0.25, 0.3) is 0 Å². The second-order valence-electron chi connectivity index (χ2n) is 16.5.